The maximum Gasteiger partial charge on any atom is 0.248 e. The molecule has 1 aromatic heterocycles. The lowest BCUT2D eigenvalue weighted by molar-refractivity contribution is 0.100. The molecule has 23 heavy (non-hydrogen) atoms. The van der Waals surface area contributed by atoms with Crippen LogP contribution in [0.15, 0.2) is 54.6 Å². The quantitative estimate of drug-likeness (QED) is 0.781. The minimum absolute atomic E-state index is 0.441. The van der Waals surface area contributed by atoms with E-state index < -0.39 is 5.91 Å². The van der Waals surface area contributed by atoms with E-state index in [2.05, 4.69) is 15.4 Å². The van der Waals surface area contributed by atoms with Crippen LogP contribution < -0.4 is 5.73 Å². The molecule has 0 saturated heterocycles. The van der Waals surface area contributed by atoms with E-state index >= 15 is 0 Å². The van der Waals surface area contributed by atoms with E-state index in [9.17, 15) is 4.79 Å². The molecule has 0 aliphatic heterocycles. The number of hydrogen-bond donors (Lipinski definition) is 1. The zero-order valence-electron chi connectivity index (χ0n) is 12.3. The van der Waals surface area contributed by atoms with Gasteiger partial charge in [0.1, 0.15) is 0 Å². The first-order chi connectivity index (χ1) is 11.2. The van der Waals surface area contributed by atoms with Gasteiger partial charge in [-0.05, 0) is 34.5 Å². The number of tetrazole rings is 1. The van der Waals surface area contributed by atoms with Crippen LogP contribution in [0, 0.1) is 0 Å². The Labute approximate surface area is 133 Å². The van der Waals surface area contributed by atoms with Gasteiger partial charge in [-0.3, -0.25) is 4.79 Å². The first-order valence-electron chi connectivity index (χ1n) is 7.10. The SMILES string of the molecule is NC(=O)c1ccc(Cn2nnc(/C=C/c3ccccc3)n2)cc1. The summed E-state index contributed by atoms with van der Waals surface area (Å²) in [5.74, 6) is 0.103. The van der Waals surface area contributed by atoms with Crippen molar-refractivity contribution < 1.29 is 4.79 Å². The van der Waals surface area contributed by atoms with E-state index in [1.807, 2.05) is 54.6 Å². The number of carbonyl (C=O) groups excluding carboxylic acids is 1. The smallest absolute Gasteiger partial charge is 0.248 e. The maximum absolute atomic E-state index is 11.0. The highest BCUT2D eigenvalue weighted by Crippen LogP contribution is 2.06. The van der Waals surface area contributed by atoms with Gasteiger partial charge in [-0.25, -0.2) is 0 Å². The molecule has 3 rings (SSSR count). The normalized spacial score (nSPS) is 11.0. The molecule has 114 valence electrons. The second-order valence-electron chi connectivity index (χ2n) is 4.98. The molecule has 0 radical (unpaired) electrons. The molecule has 6 heteroatoms. The van der Waals surface area contributed by atoms with E-state index in [1.165, 1.54) is 4.80 Å². The summed E-state index contributed by atoms with van der Waals surface area (Å²) in [6.45, 7) is 0.477. The Hall–Kier alpha value is -3.28. The van der Waals surface area contributed by atoms with Gasteiger partial charge in [0.05, 0.1) is 6.54 Å². The molecule has 2 N–H and O–H groups in total. The number of rotatable bonds is 5. The summed E-state index contributed by atoms with van der Waals surface area (Å²) < 4.78 is 0. The van der Waals surface area contributed by atoms with Crippen molar-refractivity contribution in [1.82, 2.24) is 20.2 Å². The van der Waals surface area contributed by atoms with Crippen LogP contribution in [0.25, 0.3) is 12.2 Å². The largest absolute Gasteiger partial charge is 0.366 e. The average Bonchev–Trinajstić information content (AvgIpc) is 3.02. The second-order valence-corrected chi connectivity index (χ2v) is 4.98. The fourth-order valence-corrected chi connectivity index (χ4v) is 2.06. The number of nitrogens with two attached hydrogens (primary N) is 1. The summed E-state index contributed by atoms with van der Waals surface area (Å²) in [5.41, 5.74) is 7.73. The number of carbonyl (C=O) groups is 1. The summed E-state index contributed by atoms with van der Waals surface area (Å²) >= 11 is 0. The Bertz CT molecular complexity index is 822. The molecule has 1 amide bonds. The number of nitrogens with zero attached hydrogens (tertiary/aromatic N) is 4. The van der Waals surface area contributed by atoms with Crippen LogP contribution in [0.2, 0.25) is 0 Å². The summed E-state index contributed by atoms with van der Waals surface area (Å²) in [4.78, 5) is 12.5. The molecule has 1 heterocycles. The second kappa shape index (κ2) is 6.65. The summed E-state index contributed by atoms with van der Waals surface area (Å²) in [6.07, 6.45) is 3.75. The average molecular weight is 305 g/mol. The van der Waals surface area contributed by atoms with Crippen molar-refractivity contribution in [3.05, 3.63) is 77.1 Å². The predicted molar refractivity (Wildman–Crippen MR) is 87.2 cm³/mol. The van der Waals surface area contributed by atoms with E-state index in [4.69, 9.17) is 5.73 Å². The van der Waals surface area contributed by atoms with Crippen LogP contribution >= 0.6 is 0 Å². The molecule has 0 saturated carbocycles. The molecule has 2 aromatic carbocycles. The van der Waals surface area contributed by atoms with Crippen molar-refractivity contribution in [2.24, 2.45) is 5.73 Å². The standard InChI is InChI=1S/C17H15N5O/c18-17(23)15-9-6-14(7-10-15)12-22-20-16(19-21-22)11-8-13-4-2-1-3-5-13/h1-11H,12H2,(H2,18,23)/b11-8+. The molecule has 0 atom stereocenters. The third-order valence-electron chi connectivity index (χ3n) is 3.26. The van der Waals surface area contributed by atoms with E-state index in [0.29, 0.717) is 17.9 Å². The molecule has 6 nitrogen and oxygen atoms in total. The Morgan fingerprint density at radius 2 is 1.78 bits per heavy atom. The van der Waals surface area contributed by atoms with E-state index in [1.54, 1.807) is 12.1 Å². The van der Waals surface area contributed by atoms with Crippen LogP contribution in [-0.4, -0.2) is 26.1 Å². The van der Waals surface area contributed by atoms with Gasteiger partial charge in [0.25, 0.3) is 0 Å². The van der Waals surface area contributed by atoms with Crippen molar-refractivity contribution in [2.75, 3.05) is 0 Å². The van der Waals surface area contributed by atoms with Crippen molar-refractivity contribution in [3.8, 4) is 0 Å². The highest BCUT2D eigenvalue weighted by Gasteiger charge is 2.03. The lowest BCUT2D eigenvalue weighted by Gasteiger charge is -2.00. The summed E-state index contributed by atoms with van der Waals surface area (Å²) in [6, 6.07) is 16.9. The molecule has 0 unspecified atom stereocenters. The first kappa shape index (κ1) is 14.6. The van der Waals surface area contributed by atoms with Gasteiger partial charge in [0.15, 0.2) is 5.82 Å². The van der Waals surface area contributed by atoms with E-state index in [-0.39, 0.29) is 0 Å². The van der Waals surface area contributed by atoms with Crippen LogP contribution in [0.3, 0.4) is 0 Å². The lowest BCUT2D eigenvalue weighted by Crippen LogP contribution is -2.11. The van der Waals surface area contributed by atoms with Crippen molar-refractivity contribution in [2.45, 2.75) is 6.54 Å². The molecular weight excluding hydrogens is 290 g/mol. The van der Waals surface area contributed by atoms with Crippen molar-refractivity contribution in [3.63, 3.8) is 0 Å². The number of primary amides is 1. The highest BCUT2D eigenvalue weighted by molar-refractivity contribution is 5.92. The maximum atomic E-state index is 11.0. The van der Waals surface area contributed by atoms with Gasteiger partial charge in [-0.1, -0.05) is 48.5 Å². The van der Waals surface area contributed by atoms with Crippen LogP contribution in [0.5, 0.6) is 0 Å². The fraction of sp³-hybridized carbons (Fsp3) is 0.0588. The topological polar surface area (TPSA) is 86.7 Å². The van der Waals surface area contributed by atoms with Crippen molar-refractivity contribution >= 4 is 18.1 Å². The monoisotopic (exact) mass is 305 g/mol. The Kier molecular flexibility index (Phi) is 4.24. The molecule has 3 aromatic rings. The zero-order valence-corrected chi connectivity index (χ0v) is 12.3. The third-order valence-corrected chi connectivity index (χ3v) is 3.26. The van der Waals surface area contributed by atoms with Gasteiger partial charge < -0.3 is 5.73 Å². The van der Waals surface area contributed by atoms with Crippen LogP contribution in [0.4, 0.5) is 0 Å². The Morgan fingerprint density at radius 1 is 1.04 bits per heavy atom. The molecule has 0 aliphatic carbocycles. The first-order valence-corrected chi connectivity index (χ1v) is 7.10. The molecule has 0 aliphatic rings. The predicted octanol–water partition coefficient (Wildman–Crippen LogP) is 1.99. The van der Waals surface area contributed by atoms with Crippen LogP contribution in [0.1, 0.15) is 27.3 Å². The minimum Gasteiger partial charge on any atom is -0.366 e. The molecule has 0 fully saturated rings. The number of amides is 1. The Morgan fingerprint density at radius 3 is 2.48 bits per heavy atom. The van der Waals surface area contributed by atoms with Gasteiger partial charge in [0.2, 0.25) is 5.91 Å². The Balaban J connectivity index is 1.67. The van der Waals surface area contributed by atoms with Crippen molar-refractivity contribution in [1.29, 1.82) is 0 Å². The third kappa shape index (κ3) is 3.88. The fourth-order valence-electron chi connectivity index (χ4n) is 2.06. The summed E-state index contributed by atoms with van der Waals surface area (Å²) in [7, 11) is 0. The number of aromatic nitrogens is 4. The summed E-state index contributed by atoms with van der Waals surface area (Å²) in [5, 5.41) is 12.3. The molecular formula is C17H15N5O. The lowest BCUT2D eigenvalue weighted by atomic mass is 10.1. The minimum atomic E-state index is -0.441. The van der Waals surface area contributed by atoms with E-state index in [0.717, 1.165) is 11.1 Å². The number of benzene rings is 2. The van der Waals surface area contributed by atoms with Gasteiger partial charge in [0, 0.05) is 5.56 Å². The highest BCUT2D eigenvalue weighted by atomic mass is 16.1. The van der Waals surface area contributed by atoms with Crippen LogP contribution in [-0.2, 0) is 6.54 Å². The molecule has 0 spiro atoms. The van der Waals surface area contributed by atoms with Gasteiger partial charge >= 0.3 is 0 Å². The number of hydrogen-bond acceptors (Lipinski definition) is 4. The zero-order chi connectivity index (χ0) is 16.1. The van der Waals surface area contributed by atoms with Gasteiger partial charge in [-0.2, -0.15) is 4.80 Å². The van der Waals surface area contributed by atoms with Gasteiger partial charge in [-0.15, -0.1) is 10.2 Å². The molecule has 0 bridgehead atoms.